The molecule has 4 rings (SSSR count). The van der Waals surface area contributed by atoms with E-state index in [9.17, 15) is 9.59 Å². The lowest BCUT2D eigenvalue weighted by Crippen LogP contribution is -2.35. The molecule has 0 bridgehead atoms. The van der Waals surface area contributed by atoms with Gasteiger partial charge in [-0.2, -0.15) is 0 Å². The van der Waals surface area contributed by atoms with Gasteiger partial charge in [0.15, 0.2) is 0 Å². The lowest BCUT2D eigenvalue weighted by molar-refractivity contribution is 0.0984. The fourth-order valence-electron chi connectivity index (χ4n) is 3.64. The third-order valence-corrected chi connectivity index (χ3v) is 5.42. The first-order valence-electron chi connectivity index (χ1n) is 9.60. The summed E-state index contributed by atoms with van der Waals surface area (Å²) in [5.41, 5.74) is 4.74. The normalized spacial score (nSPS) is 13.0. The van der Waals surface area contributed by atoms with Crippen LogP contribution in [0.2, 0.25) is 5.02 Å². The molecule has 0 spiro atoms. The summed E-state index contributed by atoms with van der Waals surface area (Å²) < 4.78 is 0. The van der Waals surface area contributed by atoms with Gasteiger partial charge in [0.25, 0.3) is 11.8 Å². The van der Waals surface area contributed by atoms with Crippen molar-refractivity contribution in [2.24, 2.45) is 0 Å². The van der Waals surface area contributed by atoms with Crippen LogP contribution in [0.4, 0.5) is 11.4 Å². The summed E-state index contributed by atoms with van der Waals surface area (Å²) in [6.45, 7) is 2.65. The molecule has 1 N–H and O–H groups in total. The highest BCUT2D eigenvalue weighted by molar-refractivity contribution is 6.33. The topological polar surface area (TPSA) is 49.4 Å². The minimum Gasteiger partial charge on any atom is -0.321 e. The molecule has 1 aliphatic heterocycles. The molecule has 0 aromatic heterocycles. The van der Waals surface area contributed by atoms with Crippen LogP contribution >= 0.6 is 11.6 Å². The fraction of sp³-hybridized carbons (Fsp3) is 0.167. The molecule has 3 aromatic rings. The molecule has 0 unspecified atom stereocenters. The first-order valence-corrected chi connectivity index (χ1v) is 9.98. The van der Waals surface area contributed by atoms with Gasteiger partial charge in [0.1, 0.15) is 0 Å². The van der Waals surface area contributed by atoms with Crippen molar-refractivity contribution in [3.8, 4) is 0 Å². The molecular formula is C24H21ClN2O2. The lowest BCUT2D eigenvalue weighted by Gasteiger charge is -2.30. The number of para-hydroxylation sites is 1. The van der Waals surface area contributed by atoms with Gasteiger partial charge in [0, 0.05) is 23.4 Å². The highest BCUT2D eigenvalue weighted by atomic mass is 35.5. The number of aryl methyl sites for hydroxylation is 2. The summed E-state index contributed by atoms with van der Waals surface area (Å²) in [5.74, 6) is -0.231. The third-order valence-electron chi connectivity index (χ3n) is 5.09. The van der Waals surface area contributed by atoms with E-state index in [1.807, 2.05) is 60.4 Å². The Kier molecular flexibility index (Phi) is 5.36. The fourth-order valence-corrected chi connectivity index (χ4v) is 3.82. The van der Waals surface area contributed by atoms with Gasteiger partial charge in [-0.25, -0.2) is 0 Å². The second-order valence-corrected chi connectivity index (χ2v) is 7.61. The largest absolute Gasteiger partial charge is 0.321 e. The SMILES string of the molecule is Cc1cccc(C(=O)N2CCCc3cc(C(=O)Nc4ccccc4Cl)ccc32)c1. The lowest BCUT2D eigenvalue weighted by atomic mass is 9.98. The molecule has 0 fully saturated rings. The number of hydrogen-bond donors (Lipinski definition) is 1. The Bertz CT molecular complexity index is 1090. The van der Waals surface area contributed by atoms with E-state index in [1.54, 1.807) is 18.2 Å². The molecule has 2 amide bonds. The van der Waals surface area contributed by atoms with E-state index in [4.69, 9.17) is 11.6 Å². The van der Waals surface area contributed by atoms with Gasteiger partial charge >= 0.3 is 0 Å². The highest BCUT2D eigenvalue weighted by Gasteiger charge is 2.24. The van der Waals surface area contributed by atoms with Crippen molar-refractivity contribution in [1.82, 2.24) is 0 Å². The zero-order chi connectivity index (χ0) is 20.4. The van der Waals surface area contributed by atoms with Crippen molar-refractivity contribution in [2.45, 2.75) is 19.8 Å². The Balaban J connectivity index is 1.59. The number of amides is 2. The predicted octanol–water partition coefficient (Wildman–Crippen LogP) is 5.49. The van der Waals surface area contributed by atoms with Crippen LogP contribution in [0.1, 0.15) is 38.3 Å². The molecule has 0 saturated heterocycles. The summed E-state index contributed by atoms with van der Waals surface area (Å²) in [6.07, 6.45) is 1.69. The van der Waals surface area contributed by atoms with Crippen LogP contribution in [0.15, 0.2) is 66.7 Å². The third kappa shape index (κ3) is 4.03. The molecule has 0 aliphatic carbocycles. The number of rotatable bonds is 3. The number of fused-ring (bicyclic) bond motifs is 1. The maximum absolute atomic E-state index is 13.0. The number of hydrogen-bond acceptors (Lipinski definition) is 2. The van der Waals surface area contributed by atoms with Crippen LogP contribution in [0, 0.1) is 6.92 Å². The standard InChI is InChI=1S/C24H21ClN2O2/c1-16-6-4-7-19(14-16)24(29)27-13-5-8-17-15-18(11-12-22(17)27)23(28)26-21-10-3-2-9-20(21)25/h2-4,6-7,9-12,14-15H,5,8,13H2,1H3,(H,26,28). The molecule has 1 heterocycles. The summed E-state index contributed by atoms with van der Waals surface area (Å²) in [7, 11) is 0. The Morgan fingerprint density at radius 3 is 2.59 bits per heavy atom. The van der Waals surface area contributed by atoms with E-state index in [1.165, 1.54) is 0 Å². The Morgan fingerprint density at radius 2 is 1.79 bits per heavy atom. The molecule has 0 atom stereocenters. The number of carbonyl (C=O) groups is 2. The Labute approximate surface area is 175 Å². The van der Waals surface area contributed by atoms with Gasteiger partial charge in [0.05, 0.1) is 10.7 Å². The minimum atomic E-state index is -0.219. The molecule has 5 heteroatoms. The first-order chi connectivity index (χ1) is 14.0. The van der Waals surface area contributed by atoms with E-state index >= 15 is 0 Å². The van der Waals surface area contributed by atoms with Crippen LogP contribution in [0.3, 0.4) is 0 Å². The zero-order valence-electron chi connectivity index (χ0n) is 16.1. The maximum atomic E-state index is 13.0. The number of anilines is 2. The van der Waals surface area contributed by atoms with E-state index < -0.39 is 0 Å². The van der Waals surface area contributed by atoms with Crippen LogP contribution in [0.25, 0.3) is 0 Å². The van der Waals surface area contributed by atoms with Crippen molar-refractivity contribution in [3.05, 3.63) is 94.0 Å². The van der Waals surface area contributed by atoms with Crippen molar-refractivity contribution in [2.75, 3.05) is 16.8 Å². The molecular weight excluding hydrogens is 384 g/mol. The summed E-state index contributed by atoms with van der Waals surface area (Å²) in [6, 6.07) is 20.3. The molecule has 1 aliphatic rings. The van der Waals surface area contributed by atoms with E-state index in [0.717, 1.165) is 29.7 Å². The molecule has 29 heavy (non-hydrogen) atoms. The van der Waals surface area contributed by atoms with E-state index in [0.29, 0.717) is 28.4 Å². The number of nitrogens with zero attached hydrogens (tertiary/aromatic N) is 1. The smallest absolute Gasteiger partial charge is 0.258 e. The zero-order valence-corrected chi connectivity index (χ0v) is 16.9. The van der Waals surface area contributed by atoms with Crippen molar-refractivity contribution < 1.29 is 9.59 Å². The highest BCUT2D eigenvalue weighted by Crippen LogP contribution is 2.30. The van der Waals surface area contributed by atoms with Crippen LogP contribution in [-0.4, -0.2) is 18.4 Å². The number of halogens is 1. The molecule has 146 valence electrons. The van der Waals surface area contributed by atoms with Crippen LogP contribution < -0.4 is 10.2 Å². The van der Waals surface area contributed by atoms with Crippen molar-refractivity contribution in [1.29, 1.82) is 0 Å². The van der Waals surface area contributed by atoms with E-state index in [-0.39, 0.29) is 11.8 Å². The average Bonchev–Trinajstić information content (AvgIpc) is 2.74. The quantitative estimate of drug-likeness (QED) is 0.627. The van der Waals surface area contributed by atoms with Gasteiger partial charge in [-0.3, -0.25) is 9.59 Å². The second-order valence-electron chi connectivity index (χ2n) is 7.21. The van der Waals surface area contributed by atoms with Gasteiger partial charge in [-0.05, 0) is 67.8 Å². The minimum absolute atomic E-state index is 0.0112. The molecule has 4 nitrogen and oxygen atoms in total. The number of benzene rings is 3. The predicted molar refractivity (Wildman–Crippen MR) is 117 cm³/mol. The monoisotopic (exact) mass is 404 g/mol. The maximum Gasteiger partial charge on any atom is 0.258 e. The van der Waals surface area contributed by atoms with Gasteiger partial charge < -0.3 is 10.2 Å². The van der Waals surface area contributed by atoms with Crippen LogP contribution in [0.5, 0.6) is 0 Å². The average molecular weight is 405 g/mol. The van der Waals surface area contributed by atoms with Crippen molar-refractivity contribution >= 4 is 34.8 Å². The number of nitrogens with one attached hydrogen (secondary N) is 1. The molecule has 0 saturated carbocycles. The van der Waals surface area contributed by atoms with Gasteiger partial charge in [-0.15, -0.1) is 0 Å². The second kappa shape index (κ2) is 8.10. The van der Waals surface area contributed by atoms with Crippen molar-refractivity contribution in [3.63, 3.8) is 0 Å². The van der Waals surface area contributed by atoms with Gasteiger partial charge in [-0.1, -0.05) is 41.4 Å². The van der Waals surface area contributed by atoms with Gasteiger partial charge in [0.2, 0.25) is 0 Å². The Morgan fingerprint density at radius 1 is 0.966 bits per heavy atom. The first kappa shape index (κ1) is 19.2. The Hall–Kier alpha value is -3.11. The summed E-state index contributed by atoms with van der Waals surface area (Å²) >= 11 is 6.14. The number of carbonyl (C=O) groups excluding carboxylic acids is 2. The molecule has 0 radical (unpaired) electrons. The summed E-state index contributed by atoms with van der Waals surface area (Å²) in [4.78, 5) is 27.5. The summed E-state index contributed by atoms with van der Waals surface area (Å²) in [5, 5.41) is 3.34. The van der Waals surface area contributed by atoms with E-state index in [2.05, 4.69) is 5.32 Å². The molecule has 3 aromatic carbocycles. The van der Waals surface area contributed by atoms with Crippen LogP contribution in [-0.2, 0) is 6.42 Å².